The maximum absolute atomic E-state index is 5.71. The Morgan fingerprint density at radius 1 is 1.40 bits per heavy atom. The molecule has 0 amide bonds. The highest BCUT2D eigenvalue weighted by Gasteiger charge is 2.14. The molecule has 0 N–H and O–H groups in total. The zero-order valence-corrected chi connectivity index (χ0v) is 9.48. The van der Waals surface area contributed by atoms with E-state index < -0.39 is 0 Å². The Morgan fingerprint density at radius 2 is 2.13 bits per heavy atom. The predicted octanol–water partition coefficient (Wildman–Crippen LogP) is 2.51. The van der Waals surface area contributed by atoms with Crippen molar-refractivity contribution in [1.29, 1.82) is 0 Å². The minimum atomic E-state index is 0.364. The van der Waals surface area contributed by atoms with Gasteiger partial charge in [-0.2, -0.15) is 5.10 Å². The van der Waals surface area contributed by atoms with Crippen LogP contribution in [0.15, 0.2) is 16.8 Å². The Morgan fingerprint density at radius 3 is 2.60 bits per heavy atom. The van der Waals surface area contributed by atoms with Crippen LogP contribution in [0.1, 0.15) is 31.2 Å². The van der Waals surface area contributed by atoms with E-state index in [0.29, 0.717) is 11.8 Å². The fourth-order valence-corrected chi connectivity index (χ4v) is 1.60. The van der Waals surface area contributed by atoms with E-state index in [9.17, 15) is 0 Å². The molecule has 0 saturated carbocycles. The summed E-state index contributed by atoms with van der Waals surface area (Å²) in [5.74, 6) is 1.97. The molecule has 2 heterocycles. The van der Waals surface area contributed by atoms with Gasteiger partial charge in [-0.05, 0) is 6.92 Å². The van der Waals surface area contributed by atoms with Gasteiger partial charge < -0.3 is 4.42 Å². The standard InChI is InChI=1S/C11H15N3O/c1-7(2)10-8(3)13-11(15-10)9-5-12-14(4)6-9/h5-7H,1-4H3. The molecule has 4 heteroatoms. The Balaban J connectivity index is 2.42. The lowest BCUT2D eigenvalue weighted by Gasteiger charge is -1.98. The largest absolute Gasteiger partial charge is 0.441 e. The second kappa shape index (κ2) is 3.53. The van der Waals surface area contributed by atoms with E-state index in [4.69, 9.17) is 4.42 Å². The molecule has 2 aromatic heterocycles. The molecule has 15 heavy (non-hydrogen) atoms. The number of hydrogen-bond acceptors (Lipinski definition) is 3. The van der Waals surface area contributed by atoms with Crippen LogP contribution in [0.5, 0.6) is 0 Å². The molecule has 2 aromatic rings. The van der Waals surface area contributed by atoms with Crippen molar-refractivity contribution < 1.29 is 4.42 Å². The van der Waals surface area contributed by atoms with Crippen LogP contribution >= 0.6 is 0 Å². The Hall–Kier alpha value is -1.58. The molecular formula is C11H15N3O. The molecule has 0 aliphatic carbocycles. The van der Waals surface area contributed by atoms with Gasteiger partial charge in [0.25, 0.3) is 0 Å². The lowest BCUT2D eigenvalue weighted by atomic mass is 10.1. The smallest absolute Gasteiger partial charge is 0.229 e. The Bertz CT molecular complexity index is 468. The molecule has 0 aliphatic heterocycles. The van der Waals surface area contributed by atoms with E-state index in [1.807, 2.05) is 20.2 Å². The summed E-state index contributed by atoms with van der Waals surface area (Å²) < 4.78 is 7.45. The van der Waals surface area contributed by atoms with Crippen LogP contribution in [0, 0.1) is 6.92 Å². The highest BCUT2D eigenvalue weighted by atomic mass is 16.4. The minimum Gasteiger partial charge on any atom is -0.441 e. The monoisotopic (exact) mass is 205 g/mol. The van der Waals surface area contributed by atoms with Crippen molar-refractivity contribution >= 4 is 0 Å². The van der Waals surface area contributed by atoms with Crippen LogP contribution in [0.2, 0.25) is 0 Å². The topological polar surface area (TPSA) is 43.9 Å². The lowest BCUT2D eigenvalue weighted by Crippen LogP contribution is -1.86. The van der Waals surface area contributed by atoms with Crippen LogP contribution in [-0.4, -0.2) is 14.8 Å². The van der Waals surface area contributed by atoms with Crippen LogP contribution in [0.4, 0.5) is 0 Å². The van der Waals surface area contributed by atoms with Crippen molar-refractivity contribution in [2.45, 2.75) is 26.7 Å². The van der Waals surface area contributed by atoms with Gasteiger partial charge in [-0.15, -0.1) is 0 Å². The van der Waals surface area contributed by atoms with Crippen molar-refractivity contribution in [3.8, 4) is 11.5 Å². The second-order valence-corrected chi connectivity index (χ2v) is 4.03. The molecule has 0 radical (unpaired) electrons. The van der Waals surface area contributed by atoms with Crippen molar-refractivity contribution in [3.05, 3.63) is 23.8 Å². The highest BCUT2D eigenvalue weighted by molar-refractivity contribution is 5.50. The average Bonchev–Trinajstić information content (AvgIpc) is 2.71. The first kappa shape index (κ1) is 9.96. The SMILES string of the molecule is Cc1nc(-c2cnn(C)c2)oc1C(C)C. The molecule has 2 rings (SSSR count). The Kier molecular flexibility index (Phi) is 2.34. The summed E-state index contributed by atoms with van der Waals surface area (Å²) in [4.78, 5) is 4.40. The molecule has 0 bridgehead atoms. The maximum Gasteiger partial charge on any atom is 0.229 e. The number of aromatic nitrogens is 3. The third-order valence-corrected chi connectivity index (χ3v) is 2.31. The first-order valence-corrected chi connectivity index (χ1v) is 5.04. The van der Waals surface area contributed by atoms with Gasteiger partial charge in [0.05, 0.1) is 17.5 Å². The summed E-state index contributed by atoms with van der Waals surface area (Å²) in [5.41, 5.74) is 1.89. The van der Waals surface area contributed by atoms with Gasteiger partial charge in [0.1, 0.15) is 5.76 Å². The van der Waals surface area contributed by atoms with Gasteiger partial charge >= 0.3 is 0 Å². The number of nitrogens with zero attached hydrogens (tertiary/aromatic N) is 3. The van der Waals surface area contributed by atoms with Crippen molar-refractivity contribution in [1.82, 2.24) is 14.8 Å². The quantitative estimate of drug-likeness (QED) is 0.756. The van der Waals surface area contributed by atoms with E-state index >= 15 is 0 Å². The molecule has 4 nitrogen and oxygen atoms in total. The average molecular weight is 205 g/mol. The second-order valence-electron chi connectivity index (χ2n) is 4.03. The van der Waals surface area contributed by atoms with E-state index in [2.05, 4.69) is 23.9 Å². The number of oxazole rings is 1. The fourth-order valence-electron chi connectivity index (χ4n) is 1.60. The molecule has 0 atom stereocenters. The number of rotatable bonds is 2. The molecule has 0 spiro atoms. The predicted molar refractivity (Wildman–Crippen MR) is 57.5 cm³/mol. The van der Waals surface area contributed by atoms with Gasteiger partial charge in [-0.1, -0.05) is 13.8 Å². The summed E-state index contributed by atoms with van der Waals surface area (Å²) in [7, 11) is 1.88. The van der Waals surface area contributed by atoms with E-state index in [-0.39, 0.29) is 0 Å². The van der Waals surface area contributed by atoms with E-state index in [1.54, 1.807) is 10.9 Å². The molecular weight excluding hydrogens is 190 g/mol. The zero-order chi connectivity index (χ0) is 11.0. The summed E-state index contributed by atoms with van der Waals surface area (Å²) >= 11 is 0. The highest BCUT2D eigenvalue weighted by Crippen LogP contribution is 2.25. The third-order valence-electron chi connectivity index (χ3n) is 2.31. The summed E-state index contributed by atoms with van der Waals surface area (Å²) in [6.45, 7) is 6.17. The van der Waals surface area contributed by atoms with Crippen molar-refractivity contribution in [2.75, 3.05) is 0 Å². The molecule has 0 aromatic carbocycles. The van der Waals surface area contributed by atoms with Crippen molar-refractivity contribution in [3.63, 3.8) is 0 Å². The summed E-state index contributed by atoms with van der Waals surface area (Å²) in [5, 5.41) is 4.09. The fraction of sp³-hybridized carbons (Fsp3) is 0.455. The normalized spacial score (nSPS) is 11.3. The third kappa shape index (κ3) is 1.79. The molecule has 0 fully saturated rings. The van der Waals surface area contributed by atoms with Gasteiger partial charge in [0, 0.05) is 19.2 Å². The first-order chi connectivity index (χ1) is 7.08. The van der Waals surface area contributed by atoms with Gasteiger partial charge in [-0.3, -0.25) is 4.68 Å². The zero-order valence-electron chi connectivity index (χ0n) is 9.48. The lowest BCUT2D eigenvalue weighted by molar-refractivity contribution is 0.492. The van der Waals surface area contributed by atoms with Crippen LogP contribution in [0.25, 0.3) is 11.5 Å². The molecule has 0 unspecified atom stereocenters. The first-order valence-electron chi connectivity index (χ1n) is 5.04. The molecule has 0 saturated heterocycles. The molecule has 0 aliphatic rings. The minimum absolute atomic E-state index is 0.364. The Labute approximate surface area is 88.9 Å². The maximum atomic E-state index is 5.71. The van der Waals surface area contributed by atoms with Crippen LogP contribution in [0.3, 0.4) is 0 Å². The summed E-state index contributed by atoms with van der Waals surface area (Å²) in [6, 6.07) is 0. The molecule has 80 valence electrons. The van der Waals surface area contributed by atoms with Crippen LogP contribution in [-0.2, 0) is 7.05 Å². The van der Waals surface area contributed by atoms with E-state index in [1.165, 1.54) is 0 Å². The van der Waals surface area contributed by atoms with Gasteiger partial charge in [-0.25, -0.2) is 4.98 Å². The van der Waals surface area contributed by atoms with Gasteiger partial charge in [0.2, 0.25) is 5.89 Å². The van der Waals surface area contributed by atoms with E-state index in [0.717, 1.165) is 17.0 Å². The summed E-state index contributed by atoms with van der Waals surface area (Å²) in [6.07, 6.45) is 3.66. The van der Waals surface area contributed by atoms with Crippen molar-refractivity contribution in [2.24, 2.45) is 7.05 Å². The number of aryl methyl sites for hydroxylation is 2. The van der Waals surface area contributed by atoms with Gasteiger partial charge in [0.15, 0.2) is 0 Å². The number of hydrogen-bond donors (Lipinski definition) is 0. The van der Waals surface area contributed by atoms with Crippen LogP contribution < -0.4 is 0 Å².